The highest BCUT2D eigenvalue weighted by atomic mass is 16.5. The van der Waals surface area contributed by atoms with Crippen LogP contribution in [-0.4, -0.2) is 43.1 Å². The lowest BCUT2D eigenvalue weighted by molar-refractivity contribution is -0.140. The van der Waals surface area contributed by atoms with Crippen LogP contribution >= 0.6 is 0 Å². The summed E-state index contributed by atoms with van der Waals surface area (Å²) in [5.74, 6) is -0.306. The first kappa shape index (κ1) is 16.3. The van der Waals surface area contributed by atoms with E-state index in [1.165, 1.54) is 12.7 Å². The Bertz CT molecular complexity index is 490. The zero-order valence-corrected chi connectivity index (χ0v) is 13.1. The van der Waals surface area contributed by atoms with Gasteiger partial charge in [-0.05, 0) is 31.2 Å². The molecule has 5 nitrogen and oxygen atoms in total. The van der Waals surface area contributed by atoms with Crippen LogP contribution in [0, 0.1) is 0 Å². The van der Waals surface area contributed by atoms with Crippen LogP contribution in [0.15, 0.2) is 30.3 Å². The Morgan fingerprint density at radius 3 is 2.77 bits per heavy atom. The fourth-order valence-electron chi connectivity index (χ4n) is 2.84. The van der Waals surface area contributed by atoms with Gasteiger partial charge in [0.1, 0.15) is 0 Å². The third-order valence-corrected chi connectivity index (χ3v) is 4.04. The number of carbonyl (C=O) groups is 2. The molecule has 1 N–H and O–H groups in total. The molecule has 22 heavy (non-hydrogen) atoms. The first-order valence-corrected chi connectivity index (χ1v) is 7.86. The Kier molecular flexibility index (Phi) is 6.25. The molecule has 1 fully saturated rings. The fourth-order valence-corrected chi connectivity index (χ4v) is 2.84. The number of nitrogens with zero attached hydrogens (tertiary/aromatic N) is 1. The van der Waals surface area contributed by atoms with E-state index in [9.17, 15) is 9.59 Å². The lowest BCUT2D eigenvalue weighted by Crippen LogP contribution is -2.49. The van der Waals surface area contributed by atoms with E-state index in [-0.39, 0.29) is 24.5 Å². The van der Waals surface area contributed by atoms with E-state index in [2.05, 4.69) is 22.2 Å². The topological polar surface area (TPSA) is 58.6 Å². The summed E-state index contributed by atoms with van der Waals surface area (Å²) in [6, 6.07) is 10.4. The number of nitrogens with one attached hydrogen (secondary N) is 1. The number of esters is 1. The molecule has 2 rings (SSSR count). The van der Waals surface area contributed by atoms with Gasteiger partial charge in [0, 0.05) is 19.1 Å². The van der Waals surface area contributed by atoms with Gasteiger partial charge in [-0.3, -0.25) is 4.79 Å². The van der Waals surface area contributed by atoms with E-state index in [0.29, 0.717) is 6.54 Å². The Hall–Kier alpha value is -2.04. The molecule has 1 heterocycles. The first-order chi connectivity index (χ1) is 10.7. The summed E-state index contributed by atoms with van der Waals surface area (Å²) >= 11 is 0. The second-order valence-corrected chi connectivity index (χ2v) is 5.59. The van der Waals surface area contributed by atoms with Gasteiger partial charge < -0.3 is 15.0 Å². The molecular weight excluding hydrogens is 280 g/mol. The van der Waals surface area contributed by atoms with Crippen LogP contribution in [0.3, 0.4) is 0 Å². The molecule has 0 saturated carbocycles. The van der Waals surface area contributed by atoms with Gasteiger partial charge in [0.2, 0.25) is 0 Å². The zero-order valence-electron chi connectivity index (χ0n) is 13.1. The van der Waals surface area contributed by atoms with Crippen LogP contribution in [0.2, 0.25) is 0 Å². The van der Waals surface area contributed by atoms with Crippen molar-refractivity contribution in [2.45, 2.75) is 38.1 Å². The van der Waals surface area contributed by atoms with Crippen LogP contribution in [0.5, 0.6) is 0 Å². The molecule has 0 aromatic heterocycles. The van der Waals surface area contributed by atoms with E-state index in [4.69, 9.17) is 0 Å². The number of hydrogen-bond acceptors (Lipinski definition) is 3. The number of piperidine rings is 1. The van der Waals surface area contributed by atoms with Gasteiger partial charge in [-0.15, -0.1) is 0 Å². The normalized spacial score (nSPS) is 17.9. The first-order valence-electron chi connectivity index (χ1n) is 7.86. The van der Waals surface area contributed by atoms with Crippen molar-refractivity contribution < 1.29 is 14.3 Å². The van der Waals surface area contributed by atoms with Gasteiger partial charge in [-0.2, -0.15) is 0 Å². The van der Waals surface area contributed by atoms with Gasteiger partial charge in [0.25, 0.3) is 0 Å². The molecule has 1 aromatic carbocycles. The molecule has 0 radical (unpaired) electrons. The molecule has 0 aliphatic carbocycles. The number of benzene rings is 1. The largest absolute Gasteiger partial charge is 0.469 e. The molecule has 1 atom stereocenters. The smallest absolute Gasteiger partial charge is 0.317 e. The van der Waals surface area contributed by atoms with E-state index in [1.807, 2.05) is 23.1 Å². The lowest BCUT2D eigenvalue weighted by atomic mass is 9.96. The van der Waals surface area contributed by atoms with Crippen molar-refractivity contribution in [1.82, 2.24) is 10.2 Å². The summed E-state index contributed by atoms with van der Waals surface area (Å²) in [6.07, 6.45) is 4.31. The number of amides is 2. The molecule has 1 saturated heterocycles. The summed E-state index contributed by atoms with van der Waals surface area (Å²) in [5.41, 5.74) is 1.25. The Labute approximate surface area is 131 Å². The second kappa shape index (κ2) is 8.41. The Morgan fingerprint density at radius 2 is 2.05 bits per heavy atom. The average molecular weight is 304 g/mol. The van der Waals surface area contributed by atoms with Gasteiger partial charge >= 0.3 is 12.0 Å². The molecule has 5 heteroatoms. The second-order valence-electron chi connectivity index (χ2n) is 5.59. The van der Waals surface area contributed by atoms with Crippen molar-refractivity contribution in [2.24, 2.45) is 0 Å². The predicted octanol–water partition coefficient (Wildman–Crippen LogP) is 2.36. The number of hydrogen-bond donors (Lipinski definition) is 1. The minimum absolute atomic E-state index is 0.0791. The Morgan fingerprint density at radius 1 is 1.27 bits per heavy atom. The maximum atomic E-state index is 12.3. The summed E-state index contributed by atoms with van der Waals surface area (Å²) in [4.78, 5) is 25.3. The third-order valence-electron chi connectivity index (χ3n) is 4.04. The van der Waals surface area contributed by atoms with E-state index in [0.717, 1.165) is 32.2 Å². The lowest BCUT2D eigenvalue weighted by Gasteiger charge is -2.36. The van der Waals surface area contributed by atoms with Crippen LogP contribution < -0.4 is 5.32 Å². The van der Waals surface area contributed by atoms with Crippen molar-refractivity contribution in [3.63, 3.8) is 0 Å². The van der Waals surface area contributed by atoms with Crippen LogP contribution in [0.25, 0.3) is 0 Å². The summed E-state index contributed by atoms with van der Waals surface area (Å²) in [7, 11) is 1.35. The molecule has 0 spiro atoms. The van der Waals surface area contributed by atoms with Crippen molar-refractivity contribution in [3.8, 4) is 0 Å². The highest BCUT2D eigenvalue weighted by Gasteiger charge is 2.26. The third kappa shape index (κ3) is 4.76. The number of rotatable bonds is 5. The van der Waals surface area contributed by atoms with Crippen molar-refractivity contribution in [3.05, 3.63) is 35.9 Å². The number of ether oxygens (including phenoxy) is 1. The van der Waals surface area contributed by atoms with Crippen molar-refractivity contribution >= 4 is 12.0 Å². The highest BCUT2D eigenvalue weighted by molar-refractivity contribution is 5.76. The van der Waals surface area contributed by atoms with Gasteiger partial charge in [0.15, 0.2) is 0 Å². The predicted molar refractivity (Wildman–Crippen MR) is 84.5 cm³/mol. The van der Waals surface area contributed by atoms with Crippen LogP contribution in [-0.2, 0) is 16.0 Å². The number of urea groups is 1. The summed E-state index contributed by atoms with van der Waals surface area (Å²) in [6.45, 7) is 1.10. The zero-order chi connectivity index (χ0) is 15.8. The molecular formula is C17H24N2O3. The van der Waals surface area contributed by atoms with Crippen molar-refractivity contribution in [2.75, 3.05) is 20.2 Å². The summed E-state index contributed by atoms with van der Waals surface area (Å²) < 4.78 is 4.57. The monoisotopic (exact) mass is 304 g/mol. The molecule has 120 valence electrons. The number of methoxy groups -OCH3 is 1. The molecule has 1 aliphatic rings. The van der Waals surface area contributed by atoms with Crippen LogP contribution in [0.1, 0.15) is 31.2 Å². The fraction of sp³-hybridized carbons (Fsp3) is 0.529. The highest BCUT2D eigenvalue weighted by Crippen LogP contribution is 2.20. The maximum absolute atomic E-state index is 12.3. The number of carbonyl (C=O) groups excluding carboxylic acids is 2. The quantitative estimate of drug-likeness (QED) is 0.850. The van der Waals surface area contributed by atoms with Crippen LogP contribution in [0.4, 0.5) is 4.79 Å². The minimum atomic E-state index is -0.306. The van der Waals surface area contributed by atoms with Gasteiger partial charge in [0.05, 0.1) is 13.5 Å². The van der Waals surface area contributed by atoms with Gasteiger partial charge in [-0.25, -0.2) is 4.79 Å². The molecule has 1 aliphatic heterocycles. The summed E-state index contributed by atoms with van der Waals surface area (Å²) in [5, 5.41) is 2.82. The molecule has 0 bridgehead atoms. The van der Waals surface area contributed by atoms with Gasteiger partial charge in [-0.1, -0.05) is 30.3 Å². The van der Waals surface area contributed by atoms with E-state index >= 15 is 0 Å². The van der Waals surface area contributed by atoms with E-state index < -0.39 is 0 Å². The minimum Gasteiger partial charge on any atom is -0.469 e. The van der Waals surface area contributed by atoms with Crippen molar-refractivity contribution in [1.29, 1.82) is 0 Å². The maximum Gasteiger partial charge on any atom is 0.317 e. The standard InChI is InChI=1S/C17H24N2O3/c1-22-16(20)10-11-18-17(21)19-12-6-5-9-15(19)13-14-7-3-2-4-8-14/h2-4,7-8,15H,5-6,9-13H2,1H3,(H,18,21). The number of likely N-dealkylation sites (tertiary alicyclic amines) is 1. The average Bonchev–Trinajstić information content (AvgIpc) is 2.56. The molecule has 1 unspecified atom stereocenters. The molecule has 1 aromatic rings. The Balaban J connectivity index is 1.88. The molecule has 2 amide bonds. The van der Waals surface area contributed by atoms with E-state index in [1.54, 1.807) is 0 Å². The SMILES string of the molecule is COC(=O)CCNC(=O)N1CCCCC1Cc1ccccc1.